The van der Waals surface area contributed by atoms with Crippen LogP contribution in [-0.4, -0.2) is 28.6 Å². The molecule has 1 atom stereocenters. The average Bonchev–Trinajstić information content (AvgIpc) is 2.28. The maximum Gasteiger partial charge on any atom is 0.327 e. The molecular formula is C12H14ClNO4. The molecule has 0 saturated heterocycles. The van der Waals surface area contributed by atoms with Crippen molar-refractivity contribution in [3.05, 3.63) is 23.2 Å². The van der Waals surface area contributed by atoms with Gasteiger partial charge in [0.2, 0.25) is 6.41 Å². The van der Waals surface area contributed by atoms with Crippen molar-refractivity contribution in [3.63, 3.8) is 0 Å². The van der Waals surface area contributed by atoms with E-state index in [0.29, 0.717) is 12.1 Å². The van der Waals surface area contributed by atoms with Crippen LogP contribution in [0.2, 0.25) is 5.02 Å². The van der Waals surface area contributed by atoms with Crippen LogP contribution in [0, 0.1) is 5.92 Å². The van der Waals surface area contributed by atoms with Gasteiger partial charge >= 0.3 is 5.97 Å². The van der Waals surface area contributed by atoms with Gasteiger partial charge in [0, 0.05) is 5.69 Å². The zero-order valence-electron chi connectivity index (χ0n) is 10.0. The fourth-order valence-electron chi connectivity index (χ4n) is 1.67. The van der Waals surface area contributed by atoms with Crippen molar-refractivity contribution in [2.45, 2.75) is 19.9 Å². The summed E-state index contributed by atoms with van der Waals surface area (Å²) < 4.78 is 0. The molecule has 0 aliphatic heterocycles. The number of benzene rings is 1. The molecule has 98 valence electrons. The Morgan fingerprint density at radius 3 is 2.44 bits per heavy atom. The Hall–Kier alpha value is -1.75. The molecule has 0 spiro atoms. The lowest BCUT2D eigenvalue weighted by molar-refractivity contribution is -0.140. The number of carboxylic acids is 1. The number of carbonyl (C=O) groups is 2. The lowest BCUT2D eigenvalue weighted by Crippen LogP contribution is -2.44. The minimum absolute atomic E-state index is 0.0623. The van der Waals surface area contributed by atoms with E-state index in [2.05, 4.69) is 0 Å². The highest BCUT2D eigenvalue weighted by molar-refractivity contribution is 6.32. The fourth-order valence-corrected chi connectivity index (χ4v) is 1.84. The summed E-state index contributed by atoms with van der Waals surface area (Å²) in [6.07, 6.45) is 0.446. The monoisotopic (exact) mass is 271 g/mol. The van der Waals surface area contributed by atoms with E-state index in [1.54, 1.807) is 13.8 Å². The zero-order chi connectivity index (χ0) is 13.9. The van der Waals surface area contributed by atoms with Gasteiger partial charge in [-0.15, -0.1) is 0 Å². The number of aliphatic carboxylic acids is 1. The summed E-state index contributed by atoms with van der Waals surface area (Å²) in [4.78, 5) is 23.4. The van der Waals surface area contributed by atoms with Crippen LogP contribution < -0.4 is 4.90 Å². The van der Waals surface area contributed by atoms with Crippen LogP contribution in [-0.2, 0) is 9.59 Å². The molecule has 1 rings (SSSR count). The number of phenolic OH excluding ortho intramolecular Hbond substituents is 1. The molecule has 0 saturated carbocycles. The average molecular weight is 272 g/mol. The standard InChI is InChI=1S/C12H14ClNO4/c1-7(2)11(12(17)18)14(6-15)8-3-4-10(16)9(13)5-8/h3-7,11,16H,1-2H3,(H,17,18). The number of phenols is 1. The van der Waals surface area contributed by atoms with Crippen LogP contribution in [0.25, 0.3) is 0 Å². The Morgan fingerprint density at radius 2 is 2.06 bits per heavy atom. The Kier molecular flexibility index (Phi) is 4.55. The summed E-state index contributed by atoms with van der Waals surface area (Å²) in [6.45, 7) is 3.41. The van der Waals surface area contributed by atoms with E-state index in [0.717, 1.165) is 4.90 Å². The van der Waals surface area contributed by atoms with E-state index in [1.807, 2.05) is 0 Å². The first-order valence-corrected chi connectivity index (χ1v) is 5.71. The summed E-state index contributed by atoms with van der Waals surface area (Å²) >= 11 is 5.74. The number of rotatable bonds is 5. The summed E-state index contributed by atoms with van der Waals surface area (Å²) in [5.41, 5.74) is 0.328. The molecule has 5 nitrogen and oxygen atoms in total. The number of aromatic hydroxyl groups is 1. The predicted octanol–water partition coefficient (Wildman–Crippen LogP) is 2.12. The summed E-state index contributed by atoms with van der Waals surface area (Å²) in [5.74, 6) is -1.48. The summed E-state index contributed by atoms with van der Waals surface area (Å²) in [7, 11) is 0. The number of anilines is 1. The third-order valence-electron chi connectivity index (χ3n) is 2.53. The van der Waals surface area contributed by atoms with Crippen LogP contribution in [0.4, 0.5) is 5.69 Å². The lowest BCUT2D eigenvalue weighted by Gasteiger charge is -2.28. The molecule has 0 radical (unpaired) electrons. The Balaban J connectivity index is 3.19. The van der Waals surface area contributed by atoms with E-state index in [1.165, 1.54) is 18.2 Å². The van der Waals surface area contributed by atoms with Crippen LogP contribution in [0.15, 0.2) is 18.2 Å². The maximum absolute atomic E-state index is 11.2. The van der Waals surface area contributed by atoms with Gasteiger partial charge in [-0.05, 0) is 24.1 Å². The van der Waals surface area contributed by atoms with E-state index >= 15 is 0 Å². The van der Waals surface area contributed by atoms with Gasteiger partial charge in [-0.3, -0.25) is 4.79 Å². The quantitative estimate of drug-likeness (QED) is 0.804. The van der Waals surface area contributed by atoms with Gasteiger partial charge in [-0.2, -0.15) is 0 Å². The zero-order valence-corrected chi connectivity index (χ0v) is 10.8. The predicted molar refractivity (Wildman–Crippen MR) is 67.9 cm³/mol. The largest absolute Gasteiger partial charge is 0.506 e. The second-order valence-electron chi connectivity index (χ2n) is 4.18. The topological polar surface area (TPSA) is 77.8 Å². The molecule has 1 aromatic carbocycles. The third kappa shape index (κ3) is 2.92. The molecule has 2 N–H and O–H groups in total. The molecular weight excluding hydrogens is 258 g/mol. The minimum atomic E-state index is -1.10. The summed E-state index contributed by atoms with van der Waals surface area (Å²) in [6, 6.07) is 3.12. The molecule has 18 heavy (non-hydrogen) atoms. The van der Waals surface area contributed by atoms with Gasteiger partial charge in [0.05, 0.1) is 5.02 Å². The van der Waals surface area contributed by atoms with Gasteiger partial charge in [0.1, 0.15) is 11.8 Å². The van der Waals surface area contributed by atoms with Crippen molar-refractivity contribution in [2.24, 2.45) is 5.92 Å². The molecule has 0 aliphatic carbocycles. The van der Waals surface area contributed by atoms with Crippen LogP contribution in [0.3, 0.4) is 0 Å². The van der Waals surface area contributed by atoms with E-state index in [4.69, 9.17) is 16.7 Å². The first-order valence-electron chi connectivity index (χ1n) is 5.33. The first-order chi connectivity index (χ1) is 8.38. The Labute approximate surface area is 110 Å². The summed E-state index contributed by atoms with van der Waals surface area (Å²) in [5, 5.41) is 18.5. The van der Waals surface area contributed by atoms with Crippen LogP contribution in [0.1, 0.15) is 13.8 Å². The SMILES string of the molecule is CC(C)C(C(=O)O)N(C=O)c1ccc(O)c(Cl)c1. The molecule has 1 unspecified atom stereocenters. The van der Waals surface area contributed by atoms with E-state index < -0.39 is 12.0 Å². The molecule has 1 amide bonds. The number of hydrogen-bond donors (Lipinski definition) is 2. The van der Waals surface area contributed by atoms with E-state index in [-0.39, 0.29) is 16.7 Å². The molecule has 6 heteroatoms. The number of carbonyl (C=O) groups excluding carboxylic acids is 1. The number of halogens is 1. The van der Waals surface area contributed by atoms with Crippen molar-refractivity contribution in [2.75, 3.05) is 4.90 Å². The number of amides is 1. The third-order valence-corrected chi connectivity index (χ3v) is 2.83. The number of carboxylic acid groups (broad SMARTS) is 1. The molecule has 0 aliphatic rings. The van der Waals surface area contributed by atoms with Crippen LogP contribution >= 0.6 is 11.6 Å². The molecule has 0 bridgehead atoms. The normalized spacial score (nSPS) is 12.2. The minimum Gasteiger partial charge on any atom is -0.506 e. The van der Waals surface area contributed by atoms with Gasteiger partial charge < -0.3 is 15.1 Å². The Bertz CT molecular complexity index is 461. The van der Waals surface area contributed by atoms with Gasteiger partial charge in [0.15, 0.2) is 0 Å². The number of hydrogen-bond acceptors (Lipinski definition) is 3. The molecule has 0 heterocycles. The molecule has 0 fully saturated rings. The first kappa shape index (κ1) is 14.3. The van der Waals surface area contributed by atoms with Gasteiger partial charge in [-0.25, -0.2) is 4.79 Å². The highest BCUT2D eigenvalue weighted by Gasteiger charge is 2.29. The van der Waals surface area contributed by atoms with Gasteiger partial charge in [-0.1, -0.05) is 25.4 Å². The lowest BCUT2D eigenvalue weighted by atomic mass is 10.0. The smallest absolute Gasteiger partial charge is 0.327 e. The Morgan fingerprint density at radius 1 is 1.44 bits per heavy atom. The van der Waals surface area contributed by atoms with Crippen molar-refractivity contribution in [3.8, 4) is 5.75 Å². The molecule has 0 aromatic heterocycles. The maximum atomic E-state index is 11.2. The number of nitrogens with zero attached hydrogens (tertiary/aromatic N) is 1. The van der Waals surface area contributed by atoms with Crippen molar-refractivity contribution in [1.29, 1.82) is 0 Å². The highest BCUT2D eigenvalue weighted by atomic mass is 35.5. The second-order valence-corrected chi connectivity index (χ2v) is 4.58. The van der Waals surface area contributed by atoms with E-state index in [9.17, 15) is 14.7 Å². The van der Waals surface area contributed by atoms with Gasteiger partial charge in [0.25, 0.3) is 0 Å². The second kappa shape index (κ2) is 5.73. The molecule has 1 aromatic rings. The highest BCUT2D eigenvalue weighted by Crippen LogP contribution is 2.29. The fraction of sp³-hybridized carbons (Fsp3) is 0.333. The van der Waals surface area contributed by atoms with Crippen LogP contribution in [0.5, 0.6) is 5.75 Å². The van der Waals surface area contributed by atoms with Crippen molar-refractivity contribution < 1.29 is 19.8 Å². The van der Waals surface area contributed by atoms with Crippen molar-refractivity contribution in [1.82, 2.24) is 0 Å². The van der Waals surface area contributed by atoms with Crippen molar-refractivity contribution >= 4 is 29.7 Å².